The lowest BCUT2D eigenvalue weighted by molar-refractivity contribution is 0.625. The van der Waals surface area contributed by atoms with E-state index in [1.54, 1.807) is 23.5 Å². The van der Waals surface area contributed by atoms with Crippen LogP contribution in [0.2, 0.25) is 0 Å². The van der Waals surface area contributed by atoms with Gasteiger partial charge in [0, 0.05) is 24.6 Å². The minimum absolute atomic E-state index is 0.340. The number of aromatic nitrogens is 4. The molecule has 0 amide bonds. The molecule has 1 aliphatic heterocycles. The van der Waals surface area contributed by atoms with E-state index in [2.05, 4.69) is 10.00 Å². The summed E-state index contributed by atoms with van der Waals surface area (Å²) in [5, 5.41) is 7.30. The largest absolute Gasteiger partial charge is 0.383 e. The quantitative estimate of drug-likeness (QED) is 0.552. The molecular weight excluding hydrogens is 395 g/mol. The molecule has 0 unspecified atom stereocenters. The van der Waals surface area contributed by atoms with E-state index in [-0.39, 0.29) is 5.82 Å². The Morgan fingerprint density at radius 1 is 1.07 bits per heavy atom. The summed E-state index contributed by atoms with van der Waals surface area (Å²) in [7, 11) is 0. The Kier molecular flexibility index (Phi) is 4.40. The van der Waals surface area contributed by atoms with Gasteiger partial charge in [0.1, 0.15) is 11.6 Å². The van der Waals surface area contributed by atoms with Crippen molar-refractivity contribution in [3.63, 3.8) is 0 Å². The van der Waals surface area contributed by atoms with Crippen LogP contribution in [0.3, 0.4) is 0 Å². The molecule has 142 valence electrons. The van der Waals surface area contributed by atoms with Crippen LogP contribution in [0, 0.1) is 5.82 Å². The lowest BCUT2D eigenvalue weighted by Gasteiger charge is -2.26. The lowest BCUT2D eigenvalue weighted by atomic mass is 10.2. The molecule has 9 heteroatoms. The number of nitrogens with zero attached hydrogens (tertiary/aromatic N) is 5. The highest BCUT2D eigenvalue weighted by Gasteiger charge is 2.22. The zero-order valence-corrected chi connectivity index (χ0v) is 16.5. The topological polar surface area (TPSA) is 72.9 Å². The first-order valence-corrected chi connectivity index (χ1v) is 10.9. The number of fused-ring (bicyclic) bond motifs is 1. The Morgan fingerprint density at radius 3 is 2.68 bits per heavy atom. The monoisotopic (exact) mass is 412 g/mol. The molecule has 4 aromatic rings. The second-order valence-corrected chi connectivity index (χ2v) is 8.60. The molecule has 6 nitrogen and oxygen atoms in total. The Labute approximate surface area is 169 Å². The van der Waals surface area contributed by atoms with Crippen molar-refractivity contribution >= 4 is 45.9 Å². The summed E-state index contributed by atoms with van der Waals surface area (Å²) in [4.78, 5) is 12.8. The molecule has 1 fully saturated rings. The van der Waals surface area contributed by atoms with Gasteiger partial charge in [-0.15, -0.1) is 16.4 Å². The molecular formula is C19H17FN6S2. The zero-order chi connectivity index (χ0) is 19.1. The fourth-order valence-electron chi connectivity index (χ4n) is 3.30. The first kappa shape index (κ1) is 17.4. The van der Waals surface area contributed by atoms with Crippen molar-refractivity contribution in [3.8, 4) is 16.3 Å². The second kappa shape index (κ2) is 7.06. The average Bonchev–Trinajstić information content (AvgIpc) is 3.37. The first-order chi connectivity index (χ1) is 13.7. The van der Waals surface area contributed by atoms with Gasteiger partial charge in [-0.1, -0.05) is 12.1 Å². The van der Waals surface area contributed by atoms with E-state index < -0.39 is 0 Å². The standard InChI is InChI=1S/C19H17FN6S2/c20-12-3-1-4-13(11-12)26-17(21)15-16(14-5-2-8-28-14)22-19(23-18(15)24-26)25-6-9-27-10-7-25/h1-5,8,11H,6-7,9-10,21H2. The molecule has 0 spiro atoms. The van der Waals surface area contributed by atoms with Gasteiger partial charge >= 0.3 is 0 Å². The minimum Gasteiger partial charge on any atom is -0.383 e. The molecule has 0 atom stereocenters. The van der Waals surface area contributed by atoms with Gasteiger partial charge in [-0.05, 0) is 29.6 Å². The van der Waals surface area contributed by atoms with Crippen molar-refractivity contribution in [3.05, 3.63) is 47.6 Å². The van der Waals surface area contributed by atoms with E-state index >= 15 is 0 Å². The van der Waals surface area contributed by atoms with Crippen molar-refractivity contribution in [1.29, 1.82) is 0 Å². The lowest BCUT2D eigenvalue weighted by Crippen LogP contribution is -2.33. The van der Waals surface area contributed by atoms with Gasteiger partial charge < -0.3 is 10.6 Å². The van der Waals surface area contributed by atoms with Crippen LogP contribution < -0.4 is 10.6 Å². The van der Waals surface area contributed by atoms with Crippen molar-refractivity contribution in [2.75, 3.05) is 35.2 Å². The summed E-state index contributed by atoms with van der Waals surface area (Å²) >= 11 is 3.53. The molecule has 1 aliphatic rings. The molecule has 1 aromatic carbocycles. The first-order valence-electron chi connectivity index (χ1n) is 8.89. The molecule has 0 saturated carbocycles. The highest BCUT2D eigenvalue weighted by molar-refractivity contribution is 7.99. The molecule has 2 N–H and O–H groups in total. The Hall–Kier alpha value is -2.65. The Balaban J connectivity index is 1.74. The van der Waals surface area contributed by atoms with Crippen molar-refractivity contribution in [1.82, 2.24) is 19.7 Å². The highest BCUT2D eigenvalue weighted by atomic mass is 32.2. The number of thioether (sulfide) groups is 1. The third kappa shape index (κ3) is 3.00. The second-order valence-electron chi connectivity index (χ2n) is 6.42. The third-order valence-corrected chi connectivity index (χ3v) is 6.48. The van der Waals surface area contributed by atoms with E-state index in [0.29, 0.717) is 28.5 Å². The number of rotatable bonds is 3. The summed E-state index contributed by atoms with van der Waals surface area (Å²) in [6, 6.07) is 10.2. The number of nitrogens with two attached hydrogens (primary N) is 1. The van der Waals surface area contributed by atoms with Crippen LogP contribution in [0.5, 0.6) is 0 Å². The SMILES string of the molecule is Nc1c2c(-c3cccs3)nc(N3CCSCC3)nc2nn1-c1cccc(F)c1. The molecule has 1 saturated heterocycles. The van der Waals surface area contributed by atoms with Gasteiger partial charge in [0.05, 0.1) is 21.6 Å². The van der Waals surface area contributed by atoms with Crippen molar-refractivity contribution in [2.45, 2.75) is 0 Å². The van der Waals surface area contributed by atoms with Gasteiger partial charge in [0.25, 0.3) is 0 Å². The number of hydrogen-bond acceptors (Lipinski definition) is 7. The molecule has 0 aliphatic carbocycles. The van der Waals surface area contributed by atoms with E-state index in [1.807, 2.05) is 29.3 Å². The number of anilines is 2. The summed E-state index contributed by atoms with van der Waals surface area (Å²) in [6.07, 6.45) is 0. The number of thiophene rings is 1. The molecule has 0 bridgehead atoms. The van der Waals surface area contributed by atoms with Crippen LogP contribution in [0.15, 0.2) is 41.8 Å². The molecule has 4 heterocycles. The summed E-state index contributed by atoms with van der Waals surface area (Å²) in [5.74, 6) is 2.84. The number of nitrogen functional groups attached to an aromatic ring is 1. The van der Waals surface area contributed by atoms with E-state index in [4.69, 9.17) is 15.7 Å². The fraction of sp³-hybridized carbons (Fsp3) is 0.211. The van der Waals surface area contributed by atoms with E-state index in [1.165, 1.54) is 16.8 Å². The normalized spacial score (nSPS) is 14.7. The van der Waals surface area contributed by atoms with Crippen LogP contribution in [0.1, 0.15) is 0 Å². The Bertz CT molecular complexity index is 1140. The average molecular weight is 413 g/mol. The molecule has 0 radical (unpaired) electrons. The van der Waals surface area contributed by atoms with Crippen LogP contribution >= 0.6 is 23.1 Å². The maximum atomic E-state index is 13.7. The van der Waals surface area contributed by atoms with E-state index in [9.17, 15) is 4.39 Å². The molecule has 5 rings (SSSR count). The molecule has 3 aromatic heterocycles. The van der Waals surface area contributed by atoms with Crippen LogP contribution in [0.25, 0.3) is 27.3 Å². The number of halogens is 1. The van der Waals surface area contributed by atoms with Gasteiger partial charge in [-0.25, -0.2) is 14.1 Å². The predicted octanol–water partition coefficient (Wildman–Crippen LogP) is 3.82. The minimum atomic E-state index is -0.340. The summed E-state index contributed by atoms with van der Waals surface area (Å²) in [5.41, 5.74) is 8.29. The number of benzene rings is 1. The van der Waals surface area contributed by atoms with Gasteiger partial charge in [-0.3, -0.25) is 0 Å². The summed E-state index contributed by atoms with van der Waals surface area (Å²) < 4.78 is 15.3. The summed E-state index contributed by atoms with van der Waals surface area (Å²) in [6.45, 7) is 1.81. The highest BCUT2D eigenvalue weighted by Crippen LogP contribution is 2.35. The third-order valence-electron chi connectivity index (χ3n) is 4.66. The van der Waals surface area contributed by atoms with Crippen molar-refractivity contribution < 1.29 is 4.39 Å². The number of hydrogen-bond donors (Lipinski definition) is 1. The van der Waals surface area contributed by atoms with Crippen LogP contribution in [-0.4, -0.2) is 44.3 Å². The van der Waals surface area contributed by atoms with Gasteiger partial charge in [0.15, 0.2) is 5.65 Å². The maximum absolute atomic E-state index is 13.7. The van der Waals surface area contributed by atoms with E-state index in [0.717, 1.165) is 35.2 Å². The predicted molar refractivity (Wildman–Crippen MR) is 114 cm³/mol. The van der Waals surface area contributed by atoms with Crippen molar-refractivity contribution in [2.24, 2.45) is 0 Å². The molecule has 28 heavy (non-hydrogen) atoms. The smallest absolute Gasteiger partial charge is 0.228 e. The maximum Gasteiger partial charge on any atom is 0.228 e. The fourth-order valence-corrected chi connectivity index (χ4v) is 4.92. The van der Waals surface area contributed by atoms with Crippen LogP contribution in [0.4, 0.5) is 16.2 Å². The van der Waals surface area contributed by atoms with Gasteiger partial charge in [-0.2, -0.15) is 16.7 Å². The Morgan fingerprint density at radius 2 is 1.93 bits per heavy atom. The zero-order valence-electron chi connectivity index (χ0n) is 14.9. The van der Waals surface area contributed by atoms with Crippen LogP contribution in [-0.2, 0) is 0 Å². The van der Waals surface area contributed by atoms with Gasteiger partial charge in [0.2, 0.25) is 5.95 Å².